The number of hydrogen-bond acceptors (Lipinski definition) is 6. The maximum absolute atomic E-state index is 12.7. The summed E-state index contributed by atoms with van der Waals surface area (Å²) in [6.07, 6.45) is 1.38. The highest BCUT2D eigenvalue weighted by atomic mass is 32.2. The summed E-state index contributed by atoms with van der Waals surface area (Å²) in [6, 6.07) is 23.8. The minimum Gasteiger partial charge on any atom is -0.455 e. The van der Waals surface area contributed by atoms with Crippen molar-refractivity contribution in [2.75, 3.05) is 18.5 Å². The highest BCUT2D eigenvalue weighted by Crippen LogP contribution is 2.19. The lowest BCUT2D eigenvalue weighted by atomic mass is 10.0. The first-order valence-corrected chi connectivity index (χ1v) is 11.8. The molecule has 3 aromatic rings. The molecule has 34 heavy (non-hydrogen) atoms. The van der Waals surface area contributed by atoms with Crippen molar-refractivity contribution >= 4 is 39.4 Å². The molecule has 0 heterocycles. The van der Waals surface area contributed by atoms with E-state index in [9.17, 15) is 22.8 Å². The van der Waals surface area contributed by atoms with Crippen LogP contribution in [0.3, 0.4) is 0 Å². The van der Waals surface area contributed by atoms with Gasteiger partial charge in [-0.1, -0.05) is 72.8 Å². The summed E-state index contributed by atoms with van der Waals surface area (Å²) in [5, 5.41) is 3.47. The lowest BCUT2D eigenvalue weighted by molar-refractivity contribution is -0.146. The van der Waals surface area contributed by atoms with Gasteiger partial charge < -0.3 is 10.1 Å². The van der Waals surface area contributed by atoms with Crippen LogP contribution in [-0.2, 0) is 24.3 Å². The molecule has 0 saturated carbocycles. The topological polar surface area (TPSA) is 119 Å². The van der Waals surface area contributed by atoms with Gasteiger partial charge in [-0.25, -0.2) is 13.1 Å². The van der Waals surface area contributed by atoms with E-state index in [0.29, 0.717) is 11.1 Å². The van der Waals surface area contributed by atoms with Gasteiger partial charge in [-0.3, -0.25) is 14.4 Å². The van der Waals surface area contributed by atoms with E-state index in [0.717, 1.165) is 5.41 Å². The number of amides is 1. The van der Waals surface area contributed by atoms with Gasteiger partial charge in [0.25, 0.3) is 5.91 Å². The average molecular weight is 479 g/mol. The summed E-state index contributed by atoms with van der Waals surface area (Å²) in [5.41, 5.74) is 1.69. The Kier molecular flexibility index (Phi) is 8.44. The molecule has 0 aliphatic heterocycles. The fraction of sp³-hybridized carbons (Fsp3) is 0.0800. The second kappa shape index (κ2) is 11.7. The van der Waals surface area contributed by atoms with Crippen LogP contribution in [0.5, 0.6) is 0 Å². The molecule has 0 fully saturated rings. The fourth-order valence-electron chi connectivity index (χ4n) is 2.86. The third-order valence-electron chi connectivity index (χ3n) is 4.50. The Hall–Kier alpha value is -4.08. The van der Waals surface area contributed by atoms with Gasteiger partial charge in [-0.2, -0.15) is 0 Å². The summed E-state index contributed by atoms with van der Waals surface area (Å²) in [7, 11) is -3.87. The van der Waals surface area contributed by atoms with E-state index in [4.69, 9.17) is 4.74 Å². The van der Waals surface area contributed by atoms with E-state index in [1.807, 2.05) is 0 Å². The van der Waals surface area contributed by atoms with Crippen LogP contribution in [0.1, 0.15) is 21.5 Å². The number of nitrogens with one attached hydrogen (secondary N) is 2. The molecule has 0 aliphatic rings. The molecule has 2 N–H and O–H groups in total. The largest absolute Gasteiger partial charge is 0.455 e. The molecule has 174 valence electrons. The monoisotopic (exact) mass is 478 g/mol. The number of benzene rings is 3. The van der Waals surface area contributed by atoms with Crippen molar-refractivity contribution in [1.29, 1.82) is 0 Å². The molecule has 3 rings (SSSR count). The third-order valence-corrected chi connectivity index (χ3v) is 5.54. The number of anilines is 1. The highest BCUT2D eigenvalue weighted by molar-refractivity contribution is 7.92. The summed E-state index contributed by atoms with van der Waals surface area (Å²) in [4.78, 5) is 36.8. The fourth-order valence-corrected chi connectivity index (χ4v) is 3.61. The molecule has 0 bridgehead atoms. The zero-order valence-corrected chi connectivity index (χ0v) is 18.8. The molecule has 0 atom stereocenters. The quantitative estimate of drug-likeness (QED) is 0.342. The first-order chi connectivity index (χ1) is 16.3. The second-order valence-corrected chi connectivity index (χ2v) is 8.68. The van der Waals surface area contributed by atoms with Crippen LogP contribution in [0.15, 0.2) is 90.3 Å². The first-order valence-electron chi connectivity index (χ1n) is 10.2. The minimum absolute atomic E-state index is 0.268. The van der Waals surface area contributed by atoms with Crippen LogP contribution in [-0.4, -0.2) is 39.2 Å². The van der Waals surface area contributed by atoms with Crippen LogP contribution in [0, 0.1) is 0 Å². The van der Waals surface area contributed by atoms with Crippen molar-refractivity contribution in [1.82, 2.24) is 4.72 Å². The van der Waals surface area contributed by atoms with Crippen LogP contribution < -0.4 is 10.0 Å². The Morgan fingerprint density at radius 1 is 0.824 bits per heavy atom. The molecular weight excluding hydrogens is 456 g/mol. The molecular formula is C25H22N2O6S. The average Bonchev–Trinajstić information content (AvgIpc) is 2.86. The summed E-state index contributed by atoms with van der Waals surface area (Å²) in [6.45, 7) is -1.29. The number of sulfonamides is 1. The molecule has 3 aromatic carbocycles. The van der Waals surface area contributed by atoms with Gasteiger partial charge in [0, 0.05) is 16.5 Å². The molecule has 0 aromatic heterocycles. The zero-order valence-electron chi connectivity index (χ0n) is 18.0. The maximum atomic E-state index is 12.7. The number of para-hydroxylation sites is 1. The molecule has 0 aliphatic carbocycles. The normalized spacial score (nSPS) is 11.2. The summed E-state index contributed by atoms with van der Waals surface area (Å²) in [5.74, 6) is -1.87. The molecule has 0 spiro atoms. The van der Waals surface area contributed by atoms with Gasteiger partial charge >= 0.3 is 5.97 Å². The Bertz CT molecular complexity index is 1290. The molecule has 0 saturated heterocycles. The zero-order chi connectivity index (χ0) is 24.4. The number of ether oxygens (including phenoxy) is 1. The number of rotatable bonds is 10. The Labute approximate surface area is 197 Å². The molecule has 0 unspecified atom stereocenters. The van der Waals surface area contributed by atoms with Gasteiger partial charge in [0.15, 0.2) is 12.4 Å². The number of carbonyl (C=O) groups is 3. The van der Waals surface area contributed by atoms with Crippen LogP contribution in [0.25, 0.3) is 6.08 Å². The lowest BCUT2D eigenvalue weighted by Gasteiger charge is -2.11. The van der Waals surface area contributed by atoms with Crippen molar-refractivity contribution in [2.45, 2.75) is 0 Å². The number of hydrogen-bond donors (Lipinski definition) is 2. The van der Waals surface area contributed by atoms with E-state index >= 15 is 0 Å². The first kappa shape index (κ1) is 24.6. The number of esters is 1. The van der Waals surface area contributed by atoms with Crippen LogP contribution in [0.2, 0.25) is 0 Å². The lowest BCUT2D eigenvalue weighted by Crippen LogP contribution is -2.31. The van der Waals surface area contributed by atoms with Gasteiger partial charge in [0.05, 0.1) is 5.69 Å². The van der Waals surface area contributed by atoms with E-state index in [2.05, 4.69) is 10.0 Å². The smallest absolute Gasteiger partial charge is 0.321 e. The predicted octanol–water partition coefficient (Wildman–Crippen LogP) is 2.99. The van der Waals surface area contributed by atoms with Crippen LogP contribution in [0.4, 0.5) is 5.69 Å². The van der Waals surface area contributed by atoms with E-state index in [1.165, 1.54) is 6.08 Å². The van der Waals surface area contributed by atoms with Gasteiger partial charge in [0.1, 0.15) is 6.54 Å². The third kappa shape index (κ3) is 7.51. The van der Waals surface area contributed by atoms with Gasteiger partial charge in [-0.15, -0.1) is 0 Å². The van der Waals surface area contributed by atoms with Gasteiger partial charge in [-0.05, 0) is 23.8 Å². The summed E-state index contributed by atoms with van der Waals surface area (Å²) < 4.78 is 30.9. The van der Waals surface area contributed by atoms with E-state index in [1.54, 1.807) is 84.9 Å². The summed E-state index contributed by atoms with van der Waals surface area (Å²) >= 11 is 0. The van der Waals surface area contributed by atoms with Crippen molar-refractivity contribution < 1.29 is 27.5 Å². The maximum Gasteiger partial charge on any atom is 0.321 e. The number of carbonyl (C=O) groups excluding carboxylic acids is 3. The van der Waals surface area contributed by atoms with Crippen molar-refractivity contribution in [2.24, 2.45) is 0 Å². The van der Waals surface area contributed by atoms with Crippen molar-refractivity contribution in [3.63, 3.8) is 0 Å². The number of ketones is 1. The SMILES string of the molecule is O=C(COC(=O)CNS(=O)(=O)/C=C/c1ccccc1)Nc1ccccc1C(=O)c1ccccc1. The Morgan fingerprint density at radius 3 is 2.15 bits per heavy atom. The molecule has 9 heteroatoms. The Balaban J connectivity index is 1.50. The molecule has 0 radical (unpaired) electrons. The predicted molar refractivity (Wildman–Crippen MR) is 128 cm³/mol. The molecule has 8 nitrogen and oxygen atoms in total. The highest BCUT2D eigenvalue weighted by Gasteiger charge is 2.16. The van der Waals surface area contributed by atoms with Crippen molar-refractivity contribution in [3.05, 3.63) is 107 Å². The van der Waals surface area contributed by atoms with Crippen LogP contribution >= 0.6 is 0 Å². The van der Waals surface area contributed by atoms with Crippen molar-refractivity contribution in [3.8, 4) is 0 Å². The standard InChI is InChI=1S/C25H22N2O6S/c28-23(27-22-14-8-7-13-21(22)25(30)20-11-5-2-6-12-20)18-33-24(29)17-26-34(31,32)16-15-19-9-3-1-4-10-19/h1-16,26H,17-18H2,(H,27,28)/b16-15+. The minimum atomic E-state index is -3.87. The molecule has 1 amide bonds. The van der Waals surface area contributed by atoms with E-state index < -0.39 is 35.1 Å². The second-order valence-electron chi connectivity index (χ2n) is 7.03. The Morgan fingerprint density at radius 2 is 1.44 bits per heavy atom. The van der Waals surface area contributed by atoms with Gasteiger partial charge in [0.2, 0.25) is 10.0 Å². The van der Waals surface area contributed by atoms with E-state index in [-0.39, 0.29) is 17.0 Å².